The summed E-state index contributed by atoms with van der Waals surface area (Å²) in [5.74, 6) is 0.467. The van der Waals surface area contributed by atoms with Gasteiger partial charge in [0.05, 0.1) is 19.6 Å². The van der Waals surface area contributed by atoms with E-state index in [0.717, 1.165) is 22.1 Å². The smallest absolute Gasteiger partial charge is 0.312 e. The standard InChI is InChI=1S/C19H22O3/c1-6-17(19(2,3)18(20)22-5)15-8-7-14-12-16(21-4)10-9-13(14)11-15/h6-12,17H,1H2,2-5H3/t17-/m0/s1. The van der Waals surface area contributed by atoms with Crippen molar-refractivity contribution in [3.63, 3.8) is 0 Å². The molecule has 2 aromatic carbocycles. The zero-order valence-electron chi connectivity index (χ0n) is 13.6. The summed E-state index contributed by atoms with van der Waals surface area (Å²) in [6, 6.07) is 12.1. The van der Waals surface area contributed by atoms with Crippen LogP contribution in [0, 0.1) is 5.41 Å². The third-order valence-electron chi connectivity index (χ3n) is 4.16. The number of carbonyl (C=O) groups is 1. The zero-order valence-corrected chi connectivity index (χ0v) is 13.6. The maximum Gasteiger partial charge on any atom is 0.312 e. The van der Waals surface area contributed by atoms with Crippen LogP contribution in [0.1, 0.15) is 25.3 Å². The van der Waals surface area contributed by atoms with Crippen LogP contribution in [-0.2, 0) is 9.53 Å². The number of benzene rings is 2. The fraction of sp³-hybridized carbons (Fsp3) is 0.316. The quantitative estimate of drug-likeness (QED) is 0.609. The molecular weight excluding hydrogens is 276 g/mol. The third kappa shape index (κ3) is 2.84. The first-order chi connectivity index (χ1) is 10.4. The van der Waals surface area contributed by atoms with E-state index in [0.29, 0.717) is 0 Å². The topological polar surface area (TPSA) is 35.5 Å². The van der Waals surface area contributed by atoms with Gasteiger partial charge >= 0.3 is 5.97 Å². The minimum atomic E-state index is -0.670. The summed E-state index contributed by atoms with van der Waals surface area (Å²) in [6.07, 6.45) is 1.81. The van der Waals surface area contributed by atoms with Crippen LogP contribution in [0.25, 0.3) is 10.8 Å². The molecule has 0 aliphatic carbocycles. The highest BCUT2D eigenvalue weighted by molar-refractivity contribution is 5.85. The van der Waals surface area contributed by atoms with Gasteiger partial charge in [0, 0.05) is 5.92 Å². The van der Waals surface area contributed by atoms with E-state index in [4.69, 9.17) is 9.47 Å². The maximum atomic E-state index is 12.1. The second-order valence-electron chi connectivity index (χ2n) is 5.90. The van der Waals surface area contributed by atoms with Crippen LogP contribution in [-0.4, -0.2) is 20.2 Å². The lowest BCUT2D eigenvalue weighted by atomic mass is 9.74. The highest BCUT2D eigenvalue weighted by Crippen LogP contribution is 2.38. The van der Waals surface area contributed by atoms with Gasteiger partial charge < -0.3 is 9.47 Å². The average molecular weight is 298 g/mol. The summed E-state index contributed by atoms with van der Waals surface area (Å²) in [7, 11) is 3.07. The predicted octanol–water partition coefficient (Wildman–Crippen LogP) is 4.32. The molecule has 0 heterocycles. The van der Waals surface area contributed by atoms with Gasteiger partial charge in [-0.15, -0.1) is 6.58 Å². The molecule has 0 aliphatic rings. The molecule has 0 saturated carbocycles. The van der Waals surface area contributed by atoms with Gasteiger partial charge in [0.2, 0.25) is 0 Å². The van der Waals surface area contributed by atoms with Crippen LogP contribution < -0.4 is 4.74 Å². The number of ether oxygens (including phenoxy) is 2. The Morgan fingerprint density at radius 3 is 2.36 bits per heavy atom. The van der Waals surface area contributed by atoms with Crippen LogP contribution in [0.15, 0.2) is 49.1 Å². The number of carbonyl (C=O) groups excluding carboxylic acids is 1. The van der Waals surface area contributed by atoms with Crippen LogP contribution >= 0.6 is 0 Å². The van der Waals surface area contributed by atoms with Crippen molar-refractivity contribution in [1.82, 2.24) is 0 Å². The highest BCUT2D eigenvalue weighted by Gasteiger charge is 2.37. The van der Waals surface area contributed by atoms with Gasteiger partial charge in [0.25, 0.3) is 0 Å². The van der Waals surface area contributed by atoms with Crippen molar-refractivity contribution in [1.29, 1.82) is 0 Å². The van der Waals surface area contributed by atoms with Crippen LogP contribution in [0.4, 0.5) is 0 Å². The van der Waals surface area contributed by atoms with Crippen LogP contribution in [0.2, 0.25) is 0 Å². The molecule has 22 heavy (non-hydrogen) atoms. The number of hydrogen-bond donors (Lipinski definition) is 0. The van der Waals surface area contributed by atoms with E-state index in [1.54, 1.807) is 7.11 Å². The van der Waals surface area contributed by atoms with Crippen molar-refractivity contribution >= 4 is 16.7 Å². The molecule has 0 amide bonds. The molecule has 2 aromatic rings. The molecule has 3 nitrogen and oxygen atoms in total. The van der Waals surface area contributed by atoms with E-state index < -0.39 is 5.41 Å². The lowest BCUT2D eigenvalue weighted by Gasteiger charge is -2.30. The molecule has 0 bridgehead atoms. The molecule has 3 heteroatoms. The first-order valence-electron chi connectivity index (χ1n) is 7.22. The molecule has 0 aromatic heterocycles. The van der Waals surface area contributed by atoms with E-state index in [9.17, 15) is 4.79 Å². The number of fused-ring (bicyclic) bond motifs is 1. The van der Waals surface area contributed by atoms with Crippen molar-refractivity contribution in [3.05, 3.63) is 54.6 Å². The SMILES string of the molecule is C=C[C@@H](c1ccc2cc(OC)ccc2c1)C(C)(C)C(=O)OC. The van der Waals surface area contributed by atoms with Gasteiger partial charge in [0.1, 0.15) is 5.75 Å². The van der Waals surface area contributed by atoms with Crippen molar-refractivity contribution in [2.45, 2.75) is 19.8 Å². The first-order valence-corrected chi connectivity index (χ1v) is 7.22. The second kappa shape index (κ2) is 6.22. The fourth-order valence-corrected chi connectivity index (χ4v) is 2.80. The van der Waals surface area contributed by atoms with Gasteiger partial charge in [-0.1, -0.05) is 30.3 Å². The average Bonchev–Trinajstić information content (AvgIpc) is 2.53. The van der Waals surface area contributed by atoms with Crippen LogP contribution in [0.3, 0.4) is 0 Å². The minimum Gasteiger partial charge on any atom is -0.497 e. The summed E-state index contributed by atoms with van der Waals surface area (Å²) in [5, 5.41) is 2.20. The Bertz CT molecular complexity index is 701. The predicted molar refractivity (Wildman–Crippen MR) is 89.2 cm³/mol. The van der Waals surface area contributed by atoms with E-state index in [-0.39, 0.29) is 11.9 Å². The third-order valence-corrected chi connectivity index (χ3v) is 4.16. The van der Waals surface area contributed by atoms with Crippen molar-refractivity contribution < 1.29 is 14.3 Å². The lowest BCUT2D eigenvalue weighted by molar-refractivity contribution is -0.151. The Labute approximate surface area is 131 Å². The Balaban J connectivity index is 2.48. The summed E-state index contributed by atoms with van der Waals surface area (Å²) >= 11 is 0. The maximum absolute atomic E-state index is 12.1. The Hall–Kier alpha value is -2.29. The molecule has 0 aliphatic heterocycles. The molecule has 0 N–H and O–H groups in total. The summed E-state index contributed by atoms with van der Waals surface area (Å²) in [6.45, 7) is 7.66. The van der Waals surface area contributed by atoms with Crippen molar-refractivity contribution in [2.24, 2.45) is 5.41 Å². The van der Waals surface area contributed by atoms with E-state index in [1.807, 2.05) is 50.3 Å². The molecule has 2 rings (SSSR count). The molecular formula is C19H22O3. The molecule has 0 radical (unpaired) electrons. The summed E-state index contributed by atoms with van der Waals surface area (Å²) in [4.78, 5) is 12.1. The molecule has 0 saturated heterocycles. The normalized spacial score (nSPS) is 12.7. The molecule has 0 fully saturated rings. The lowest BCUT2D eigenvalue weighted by Crippen LogP contribution is -2.31. The summed E-state index contributed by atoms with van der Waals surface area (Å²) < 4.78 is 10.2. The second-order valence-corrected chi connectivity index (χ2v) is 5.90. The monoisotopic (exact) mass is 298 g/mol. The van der Waals surface area contributed by atoms with E-state index in [1.165, 1.54) is 7.11 Å². The fourth-order valence-electron chi connectivity index (χ4n) is 2.80. The Kier molecular flexibility index (Phi) is 4.55. The number of rotatable bonds is 5. The molecule has 1 atom stereocenters. The van der Waals surface area contributed by atoms with Gasteiger partial charge in [-0.3, -0.25) is 4.79 Å². The first kappa shape index (κ1) is 16.1. The van der Waals surface area contributed by atoms with Crippen molar-refractivity contribution in [2.75, 3.05) is 14.2 Å². The van der Waals surface area contributed by atoms with Gasteiger partial charge in [-0.2, -0.15) is 0 Å². The zero-order chi connectivity index (χ0) is 16.3. The minimum absolute atomic E-state index is 0.119. The Morgan fingerprint density at radius 2 is 1.77 bits per heavy atom. The van der Waals surface area contributed by atoms with E-state index >= 15 is 0 Å². The van der Waals surface area contributed by atoms with Crippen molar-refractivity contribution in [3.8, 4) is 5.75 Å². The van der Waals surface area contributed by atoms with Gasteiger partial charge in [-0.25, -0.2) is 0 Å². The number of esters is 1. The number of allylic oxidation sites excluding steroid dienone is 1. The number of hydrogen-bond acceptors (Lipinski definition) is 3. The summed E-state index contributed by atoms with van der Waals surface area (Å²) in [5.41, 5.74) is 0.375. The number of methoxy groups -OCH3 is 2. The van der Waals surface area contributed by atoms with Crippen LogP contribution in [0.5, 0.6) is 5.75 Å². The molecule has 116 valence electrons. The molecule has 0 spiro atoms. The Morgan fingerprint density at radius 1 is 1.14 bits per heavy atom. The molecule has 0 unspecified atom stereocenters. The van der Waals surface area contributed by atoms with Gasteiger partial charge in [-0.05, 0) is 42.3 Å². The van der Waals surface area contributed by atoms with Gasteiger partial charge in [0.15, 0.2) is 0 Å². The highest BCUT2D eigenvalue weighted by atomic mass is 16.5. The van der Waals surface area contributed by atoms with E-state index in [2.05, 4.69) is 12.6 Å². The largest absolute Gasteiger partial charge is 0.497 e.